The fourth-order valence-electron chi connectivity index (χ4n) is 8.03. The minimum absolute atomic E-state index is 0.0428. The third kappa shape index (κ3) is 9.88. The molecule has 58 heavy (non-hydrogen) atoms. The zero-order valence-electron chi connectivity index (χ0n) is 35.6. The van der Waals surface area contributed by atoms with Gasteiger partial charge in [-0.15, -0.1) is 0 Å². The van der Waals surface area contributed by atoms with E-state index in [0.717, 1.165) is 84.7 Å². The van der Waals surface area contributed by atoms with Crippen LogP contribution in [0.2, 0.25) is 0 Å². The molecule has 0 bridgehead atoms. The molecule has 8 heteroatoms. The minimum Gasteiger partial charge on any atom is -0.507 e. The SMILES string of the molecule is Cc1cc(C(C)(C)C)cc(C=NC2CCCCC2N=Cc2cccc(-c3cccc(C=NC4CCCCC4N=Cc4cc(C(C)(C)C)cc(C)c4O)c3O)c2O)c1O. The van der Waals surface area contributed by atoms with Crippen LogP contribution >= 0.6 is 0 Å². The molecule has 306 valence electrons. The fourth-order valence-corrected chi connectivity index (χ4v) is 8.03. The molecule has 2 fully saturated rings. The predicted molar refractivity (Wildman–Crippen MR) is 241 cm³/mol. The Morgan fingerprint density at radius 1 is 0.448 bits per heavy atom. The van der Waals surface area contributed by atoms with Crippen LogP contribution in [-0.2, 0) is 10.8 Å². The maximum atomic E-state index is 11.5. The summed E-state index contributed by atoms with van der Waals surface area (Å²) in [7, 11) is 0. The summed E-state index contributed by atoms with van der Waals surface area (Å²) in [6.45, 7) is 16.8. The molecule has 4 N–H and O–H groups in total. The van der Waals surface area contributed by atoms with E-state index >= 15 is 0 Å². The molecule has 8 nitrogen and oxygen atoms in total. The number of benzene rings is 4. The van der Waals surface area contributed by atoms with Crippen molar-refractivity contribution in [2.45, 2.75) is 142 Å². The first-order valence-corrected chi connectivity index (χ1v) is 21.0. The van der Waals surface area contributed by atoms with Crippen LogP contribution in [0, 0.1) is 13.8 Å². The van der Waals surface area contributed by atoms with Gasteiger partial charge in [0.2, 0.25) is 0 Å². The first-order chi connectivity index (χ1) is 27.5. The molecule has 0 spiro atoms. The van der Waals surface area contributed by atoms with Gasteiger partial charge in [0.1, 0.15) is 23.0 Å². The molecule has 4 atom stereocenters. The van der Waals surface area contributed by atoms with Crippen molar-refractivity contribution in [1.82, 2.24) is 0 Å². The van der Waals surface area contributed by atoms with Crippen LogP contribution in [0.1, 0.15) is 137 Å². The standard InChI is InChI=1S/C50H62N4O4/c1-31-23-37(49(3,4)5)25-35(45(31)55)29-53-43-21-11-9-19-41(43)51-27-33-15-13-17-39(47(33)57)40-18-14-16-34(48(40)58)28-52-42-20-10-12-22-44(42)54-30-36-26-38(50(6,7)8)24-32(2)46(36)56/h13-18,23-30,41-44,55-58H,9-12,19-22H2,1-8H3. The minimum atomic E-state index is -0.0635. The maximum absolute atomic E-state index is 11.5. The van der Waals surface area contributed by atoms with E-state index in [1.54, 1.807) is 37.0 Å². The summed E-state index contributed by atoms with van der Waals surface area (Å²) < 4.78 is 0. The summed E-state index contributed by atoms with van der Waals surface area (Å²) >= 11 is 0. The van der Waals surface area contributed by atoms with Gasteiger partial charge in [-0.1, -0.05) is 104 Å². The molecule has 0 aromatic heterocycles. The third-order valence-electron chi connectivity index (χ3n) is 11.8. The highest BCUT2D eigenvalue weighted by Gasteiger charge is 2.26. The number of phenols is 4. The van der Waals surface area contributed by atoms with Crippen LogP contribution in [0.3, 0.4) is 0 Å². The molecule has 2 aliphatic rings. The van der Waals surface area contributed by atoms with E-state index in [1.165, 1.54) is 0 Å². The van der Waals surface area contributed by atoms with Gasteiger partial charge in [0.25, 0.3) is 0 Å². The highest BCUT2D eigenvalue weighted by Crippen LogP contribution is 2.39. The average molecular weight is 783 g/mol. The number of aromatic hydroxyl groups is 4. The Hall–Kier alpha value is -5.24. The smallest absolute Gasteiger partial charge is 0.132 e. The average Bonchev–Trinajstić information content (AvgIpc) is 3.18. The van der Waals surface area contributed by atoms with Gasteiger partial charge in [-0.2, -0.15) is 0 Å². The maximum Gasteiger partial charge on any atom is 0.132 e. The van der Waals surface area contributed by atoms with Gasteiger partial charge in [-0.05, 0) is 96.9 Å². The lowest BCUT2D eigenvalue weighted by atomic mass is 9.85. The number of hydrogen-bond donors (Lipinski definition) is 4. The summed E-state index contributed by atoms with van der Waals surface area (Å²) in [5.74, 6) is 0.597. The fraction of sp³-hybridized carbons (Fsp3) is 0.440. The topological polar surface area (TPSA) is 130 Å². The first-order valence-electron chi connectivity index (χ1n) is 21.0. The van der Waals surface area contributed by atoms with E-state index in [-0.39, 0.29) is 58.0 Å². The lowest BCUT2D eigenvalue weighted by Gasteiger charge is -2.26. The van der Waals surface area contributed by atoms with Crippen molar-refractivity contribution in [3.05, 3.63) is 105 Å². The van der Waals surface area contributed by atoms with Crippen LogP contribution < -0.4 is 0 Å². The number of para-hydroxylation sites is 2. The first kappa shape index (κ1) is 42.4. The summed E-state index contributed by atoms with van der Waals surface area (Å²) in [5, 5.41) is 44.8. The number of hydrogen-bond acceptors (Lipinski definition) is 8. The lowest BCUT2D eigenvalue weighted by Crippen LogP contribution is -2.27. The zero-order valence-corrected chi connectivity index (χ0v) is 35.6. The molecule has 0 saturated heterocycles. The molecule has 0 heterocycles. The molecule has 4 aromatic carbocycles. The van der Waals surface area contributed by atoms with Gasteiger partial charge < -0.3 is 20.4 Å². The Kier molecular flexibility index (Phi) is 12.9. The van der Waals surface area contributed by atoms with Crippen molar-refractivity contribution in [1.29, 1.82) is 0 Å². The van der Waals surface area contributed by atoms with E-state index in [0.29, 0.717) is 22.3 Å². The monoisotopic (exact) mass is 782 g/mol. The molecule has 4 unspecified atom stereocenters. The molecule has 2 saturated carbocycles. The second-order valence-electron chi connectivity index (χ2n) is 18.4. The number of nitrogens with zero attached hydrogens (tertiary/aromatic N) is 4. The van der Waals surface area contributed by atoms with Crippen LogP contribution in [0.15, 0.2) is 80.6 Å². The molecule has 0 aliphatic heterocycles. The van der Waals surface area contributed by atoms with Crippen molar-refractivity contribution in [2.24, 2.45) is 20.0 Å². The Morgan fingerprint density at radius 2 is 0.759 bits per heavy atom. The number of aliphatic imine (C=N–C) groups is 4. The molecule has 0 amide bonds. The van der Waals surface area contributed by atoms with E-state index in [1.807, 2.05) is 62.4 Å². The number of rotatable bonds is 9. The molecule has 6 rings (SSSR count). The quantitative estimate of drug-likeness (QED) is 0.126. The van der Waals surface area contributed by atoms with Gasteiger partial charge in [-0.25, -0.2) is 0 Å². The Morgan fingerprint density at radius 3 is 1.07 bits per heavy atom. The molecule has 0 radical (unpaired) electrons. The van der Waals surface area contributed by atoms with E-state index in [9.17, 15) is 20.4 Å². The van der Waals surface area contributed by atoms with Crippen LogP contribution in [0.25, 0.3) is 11.1 Å². The highest BCUT2D eigenvalue weighted by molar-refractivity contribution is 5.93. The van der Waals surface area contributed by atoms with Crippen LogP contribution in [-0.4, -0.2) is 69.5 Å². The normalized spacial score (nSPS) is 20.9. The van der Waals surface area contributed by atoms with Crippen molar-refractivity contribution < 1.29 is 20.4 Å². The van der Waals surface area contributed by atoms with Crippen molar-refractivity contribution in [2.75, 3.05) is 0 Å². The highest BCUT2D eigenvalue weighted by atomic mass is 16.3. The second kappa shape index (κ2) is 17.7. The van der Waals surface area contributed by atoms with Crippen LogP contribution in [0.5, 0.6) is 23.0 Å². The van der Waals surface area contributed by atoms with Crippen molar-refractivity contribution >= 4 is 24.9 Å². The molecular weight excluding hydrogens is 721 g/mol. The van der Waals surface area contributed by atoms with E-state index in [2.05, 4.69) is 41.5 Å². The summed E-state index contributed by atoms with van der Waals surface area (Å²) in [6.07, 6.45) is 14.8. The number of phenolic OH excluding ortho intramolecular Hbond substituents is 4. The summed E-state index contributed by atoms with van der Waals surface area (Å²) in [5.41, 5.74) is 7.44. The summed E-state index contributed by atoms with van der Waals surface area (Å²) in [6, 6.07) is 18.9. The molecular formula is C50H62N4O4. The second-order valence-corrected chi connectivity index (χ2v) is 18.4. The largest absolute Gasteiger partial charge is 0.507 e. The Bertz CT molecular complexity index is 2070. The Balaban J connectivity index is 1.20. The lowest BCUT2D eigenvalue weighted by molar-refractivity contribution is 0.390. The van der Waals surface area contributed by atoms with E-state index < -0.39 is 0 Å². The van der Waals surface area contributed by atoms with Gasteiger partial charge in [-0.3, -0.25) is 20.0 Å². The number of aryl methyl sites for hydroxylation is 2. The zero-order chi connectivity index (χ0) is 41.8. The molecule has 2 aliphatic carbocycles. The van der Waals surface area contributed by atoms with Gasteiger partial charge >= 0.3 is 0 Å². The van der Waals surface area contributed by atoms with Crippen molar-refractivity contribution in [3.63, 3.8) is 0 Å². The van der Waals surface area contributed by atoms with Gasteiger partial charge in [0.15, 0.2) is 0 Å². The van der Waals surface area contributed by atoms with Crippen LogP contribution in [0.4, 0.5) is 0 Å². The van der Waals surface area contributed by atoms with Crippen molar-refractivity contribution in [3.8, 4) is 34.1 Å². The van der Waals surface area contributed by atoms with Gasteiger partial charge in [0.05, 0.1) is 24.2 Å². The predicted octanol–water partition coefficient (Wildman–Crippen LogP) is 11.1. The Labute approximate surface area is 345 Å². The summed E-state index contributed by atoms with van der Waals surface area (Å²) in [4.78, 5) is 19.8. The molecule has 4 aromatic rings. The van der Waals surface area contributed by atoms with Gasteiger partial charge in [0, 0.05) is 58.2 Å². The van der Waals surface area contributed by atoms with E-state index in [4.69, 9.17) is 20.0 Å². The third-order valence-corrected chi connectivity index (χ3v) is 11.8.